The molecule has 6 nitrogen and oxygen atoms in total. The van der Waals surface area contributed by atoms with E-state index in [1.807, 2.05) is 0 Å². The minimum atomic E-state index is -4.57. The Bertz CT molecular complexity index is 538. The second-order valence-electron chi connectivity index (χ2n) is 4.24. The molecule has 19 heavy (non-hydrogen) atoms. The second kappa shape index (κ2) is 4.25. The van der Waals surface area contributed by atoms with Crippen LogP contribution < -0.4 is 5.32 Å². The maximum absolute atomic E-state index is 12.6. The van der Waals surface area contributed by atoms with Gasteiger partial charge in [0.2, 0.25) is 5.91 Å². The molecule has 1 fully saturated rings. The van der Waals surface area contributed by atoms with Gasteiger partial charge in [0.05, 0.1) is 5.69 Å². The Morgan fingerprint density at radius 2 is 2.21 bits per heavy atom. The number of hydrogen-bond acceptors (Lipinski definition) is 3. The van der Waals surface area contributed by atoms with Gasteiger partial charge in [-0.1, -0.05) is 0 Å². The van der Waals surface area contributed by atoms with E-state index in [0.717, 1.165) is 13.1 Å². The Balaban J connectivity index is 2.38. The minimum Gasteiger partial charge on any atom is -0.481 e. The number of hydrogen-bond donors (Lipinski definition) is 2. The average Bonchev–Trinajstić information content (AvgIpc) is 2.80. The van der Waals surface area contributed by atoms with Gasteiger partial charge in [-0.05, 0) is 6.07 Å². The van der Waals surface area contributed by atoms with E-state index in [-0.39, 0.29) is 12.2 Å². The number of rotatable bonds is 2. The lowest BCUT2D eigenvalue weighted by atomic mass is 9.92. The van der Waals surface area contributed by atoms with Gasteiger partial charge < -0.3 is 10.4 Å². The van der Waals surface area contributed by atoms with Gasteiger partial charge in [0.25, 0.3) is 0 Å². The van der Waals surface area contributed by atoms with Gasteiger partial charge in [-0.25, -0.2) is 0 Å². The first-order valence-electron chi connectivity index (χ1n) is 5.33. The van der Waals surface area contributed by atoms with E-state index in [1.54, 1.807) is 0 Å². The standard InChI is InChI=1S/C10H10F3N3O3/c1-16-6(10(11,12)13)2-5(15-16)4-3-14-8(17)7(4)9(18)19/h2,4,7H,3H2,1H3,(H,14,17)(H,18,19)/t4-,7-/m1/s1. The quantitative estimate of drug-likeness (QED) is 0.764. The van der Waals surface area contributed by atoms with Crippen molar-refractivity contribution in [1.29, 1.82) is 0 Å². The van der Waals surface area contributed by atoms with Crippen LogP contribution in [-0.4, -0.2) is 33.3 Å². The van der Waals surface area contributed by atoms with Crippen molar-refractivity contribution in [2.45, 2.75) is 12.1 Å². The van der Waals surface area contributed by atoms with E-state index in [0.29, 0.717) is 4.68 Å². The molecule has 1 saturated heterocycles. The summed E-state index contributed by atoms with van der Waals surface area (Å²) in [5.74, 6) is -4.39. The third-order valence-corrected chi connectivity index (χ3v) is 3.02. The maximum Gasteiger partial charge on any atom is 0.433 e. The number of nitrogens with zero attached hydrogens (tertiary/aromatic N) is 2. The molecule has 0 aliphatic carbocycles. The molecule has 1 aliphatic rings. The summed E-state index contributed by atoms with van der Waals surface area (Å²) < 4.78 is 38.5. The number of aliphatic carboxylic acids is 1. The van der Waals surface area contributed by atoms with Gasteiger partial charge in [0, 0.05) is 19.5 Å². The van der Waals surface area contributed by atoms with Crippen LogP contribution in [0.1, 0.15) is 17.3 Å². The monoisotopic (exact) mass is 277 g/mol. The number of alkyl halides is 3. The molecule has 1 aromatic rings. The van der Waals surface area contributed by atoms with E-state index in [2.05, 4.69) is 10.4 Å². The first kappa shape index (κ1) is 13.4. The lowest BCUT2D eigenvalue weighted by Crippen LogP contribution is -2.26. The zero-order valence-corrected chi connectivity index (χ0v) is 9.73. The van der Waals surface area contributed by atoms with Crippen molar-refractivity contribution >= 4 is 11.9 Å². The van der Waals surface area contributed by atoms with Crippen LogP contribution in [0.15, 0.2) is 6.07 Å². The van der Waals surface area contributed by atoms with Crippen molar-refractivity contribution < 1.29 is 27.9 Å². The Morgan fingerprint density at radius 3 is 2.68 bits per heavy atom. The number of amides is 1. The number of halogens is 3. The van der Waals surface area contributed by atoms with E-state index < -0.39 is 35.6 Å². The predicted octanol–water partition coefficient (Wildman–Crippen LogP) is 0.353. The third kappa shape index (κ3) is 2.27. The molecule has 0 saturated carbocycles. The van der Waals surface area contributed by atoms with Crippen molar-refractivity contribution in [2.75, 3.05) is 6.54 Å². The molecule has 1 amide bonds. The average molecular weight is 277 g/mol. The Hall–Kier alpha value is -2.06. The molecule has 1 aromatic heterocycles. The number of carboxylic acid groups (broad SMARTS) is 1. The van der Waals surface area contributed by atoms with Gasteiger partial charge in [-0.2, -0.15) is 18.3 Å². The Labute approximate surface area is 105 Å². The molecule has 2 N–H and O–H groups in total. The molecular weight excluding hydrogens is 267 g/mol. The summed E-state index contributed by atoms with van der Waals surface area (Å²) in [6.45, 7) is -0.0376. The molecule has 2 atom stereocenters. The van der Waals surface area contributed by atoms with E-state index in [9.17, 15) is 22.8 Å². The molecule has 9 heteroatoms. The van der Waals surface area contributed by atoms with E-state index in [4.69, 9.17) is 5.11 Å². The van der Waals surface area contributed by atoms with Crippen LogP contribution in [0.25, 0.3) is 0 Å². The highest BCUT2D eigenvalue weighted by Gasteiger charge is 2.44. The number of carboxylic acids is 1. The number of carbonyl (C=O) groups is 2. The first-order chi connectivity index (χ1) is 8.71. The summed E-state index contributed by atoms with van der Waals surface area (Å²) in [5, 5.41) is 14.9. The summed E-state index contributed by atoms with van der Waals surface area (Å²) in [4.78, 5) is 22.3. The number of aromatic nitrogens is 2. The van der Waals surface area contributed by atoms with E-state index in [1.165, 1.54) is 0 Å². The molecule has 0 aromatic carbocycles. The van der Waals surface area contributed by atoms with Gasteiger partial charge >= 0.3 is 12.1 Å². The van der Waals surface area contributed by atoms with Crippen LogP contribution in [0.2, 0.25) is 0 Å². The van der Waals surface area contributed by atoms with E-state index >= 15 is 0 Å². The molecule has 0 radical (unpaired) electrons. The molecule has 104 valence electrons. The smallest absolute Gasteiger partial charge is 0.433 e. The molecule has 2 rings (SSSR count). The molecule has 2 heterocycles. The van der Waals surface area contributed by atoms with Crippen LogP contribution >= 0.6 is 0 Å². The fourth-order valence-corrected chi connectivity index (χ4v) is 2.12. The second-order valence-corrected chi connectivity index (χ2v) is 4.24. The first-order valence-corrected chi connectivity index (χ1v) is 5.33. The highest BCUT2D eigenvalue weighted by atomic mass is 19.4. The molecular formula is C10H10F3N3O3. The minimum absolute atomic E-state index is 0.0376. The van der Waals surface area contributed by atoms with Gasteiger partial charge in [-0.3, -0.25) is 14.3 Å². The third-order valence-electron chi connectivity index (χ3n) is 3.02. The summed E-state index contributed by atoms with van der Waals surface area (Å²) >= 11 is 0. The summed E-state index contributed by atoms with van der Waals surface area (Å²) in [5.41, 5.74) is -1.04. The van der Waals surface area contributed by atoms with Crippen molar-refractivity contribution in [3.8, 4) is 0 Å². The zero-order chi connectivity index (χ0) is 14.4. The highest BCUT2D eigenvalue weighted by Crippen LogP contribution is 2.34. The van der Waals surface area contributed by atoms with Crippen LogP contribution in [0.5, 0.6) is 0 Å². The van der Waals surface area contributed by atoms with Crippen LogP contribution in [0.4, 0.5) is 13.2 Å². The maximum atomic E-state index is 12.6. The SMILES string of the molecule is Cn1nc([C@H]2CNC(=O)[C@@H]2C(=O)O)cc1C(F)(F)F. The molecule has 0 unspecified atom stereocenters. The highest BCUT2D eigenvalue weighted by molar-refractivity contribution is 5.99. The van der Waals surface area contributed by atoms with Crippen LogP contribution in [0.3, 0.4) is 0 Å². The lowest BCUT2D eigenvalue weighted by molar-refractivity contribution is -0.146. The molecule has 0 bridgehead atoms. The fraction of sp³-hybridized carbons (Fsp3) is 0.500. The topological polar surface area (TPSA) is 84.2 Å². The molecule has 1 aliphatic heterocycles. The Kier molecular flexibility index (Phi) is 2.99. The number of aryl methyl sites for hydroxylation is 1. The van der Waals surface area contributed by atoms with Gasteiger partial charge in [-0.15, -0.1) is 0 Å². The van der Waals surface area contributed by atoms with Gasteiger partial charge in [0.15, 0.2) is 0 Å². The van der Waals surface area contributed by atoms with Crippen LogP contribution in [0, 0.1) is 5.92 Å². The number of nitrogens with one attached hydrogen (secondary N) is 1. The summed E-state index contributed by atoms with van der Waals surface area (Å²) in [7, 11) is 1.12. The normalized spacial score (nSPS) is 23.5. The van der Waals surface area contributed by atoms with Crippen molar-refractivity contribution in [2.24, 2.45) is 13.0 Å². The lowest BCUT2D eigenvalue weighted by Gasteiger charge is -2.09. The van der Waals surface area contributed by atoms with Crippen molar-refractivity contribution in [3.05, 3.63) is 17.5 Å². The zero-order valence-electron chi connectivity index (χ0n) is 9.73. The summed E-state index contributed by atoms with van der Waals surface area (Å²) in [6, 6.07) is 0.779. The largest absolute Gasteiger partial charge is 0.481 e. The fourth-order valence-electron chi connectivity index (χ4n) is 2.12. The van der Waals surface area contributed by atoms with Crippen molar-refractivity contribution in [1.82, 2.24) is 15.1 Å². The van der Waals surface area contributed by atoms with Gasteiger partial charge in [0.1, 0.15) is 11.6 Å². The summed E-state index contributed by atoms with van der Waals surface area (Å²) in [6.07, 6.45) is -4.57. The van der Waals surface area contributed by atoms with Crippen molar-refractivity contribution in [3.63, 3.8) is 0 Å². The molecule has 0 spiro atoms. The Morgan fingerprint density at radius 1 is 1.58 bits per heavy atom. The predicted molar refractivity (Wildman–Crippen MR) is 55.1 cm³/mol. The van der Waals surface area contributed by atoms with Crippen LogP contribution in [-0.2, 0) is 22.8 Å². The number of carbonyl (C=O) groups excluding carboxylic acids is 1.